The van der Waals surface area contributed by atoms with Crippen molar-refractivity contribution in [2.45, 2.75) is 50.3 Å². The summed E-state index contributed by atoms with van der Waals surface area (Å²) in [6.45, 7) is 9.14. The van der Waals surface area contributed by atoms with Crippen LogP contribution in [0.4, 0.5) is 0 Å². The number of hydrogen-bond acceptors (Lipinski definition) is 6. The predicted octanol–water partition coefficient (Wildman–Crippen LogP) is 5.88. The Kier molecular flexibility index (Phi) is 18.2. The maximum absolute atomic E-state index is 2.31. The van der Waals surface area contributed by atoms with Gasteiger partial charge in [0.1, 0.15) is 17.3 Å². The van der Waals surface area contributed by atoms with E-state index in [-0.39, 0.29) is 0 Å². The summed E-state index contributed by atoms with van der Waals surface area (Å²) in [4.78, 5) is 1.70. The van der Waals surface area contributed by atoms with Crippen molar-refractivity contribution in [1.29, 1.82) is 0 Å². The molecule has 0 rings (SSSR count). The van der Waals surface area contributed by atoms with Crippen molar-refractivity contribution in [3.63, 3.8) is 0 Å². The average Bonchev–Trinajstić information content (AvgIpc) is 2.41. The lowest BCUT2D eigenvalue weighted by atomic mass is 10.6. The van der Waals surface area contributed by atoms with E-state index in [9.17, 15) is 0 Å². The molecule has 0 spiro atoms. The van der Waals surface area contributed by atoms with E-state index >= 15 is 0 Å². The fraction of sp³-hybridized carbons (Fsp3) is 1.00. The van der Waals surface area contributed by atoms with Crippen LogP contribution in [0.2, 0.25) is 0 Å². The molecule has 8 heteroatoms. The SMILES string of the molecule is CCS[Si]C(CC)SSSSC(CC)[Si]SCC. The highest BCUT2D eigenvalue weighted by molar-refractivity contribution is 9.26. The minimum atomic E-state index is 0.848. The van der Waals surface area contributed by atoms with Crippen molar-refractivity contribution in [2.24, 2.45) is 0 Å². The molecule has 106 valence electrons. The van der Waals surface area contributed by atoms with Crippen molar-refractivity contribution in [2.75, 3.05) is 11.5 Å². The molecule has 0 aliphatic heterocycles. The fourth-order valence-corrected chi connectivity index (χ4v) is 17.6. The van der Waals surface area contributed by atoms with Crippen molar-refractivity contribution in [3.8, 4) is 0 Å². The van der Waals surface area contributed by atoms with E-state index in [4.69, 9.17) is 0 Å². The highest BCUT2D eigenvalue weighted by Gasteiger charge is 2.12. The zero-order chi connectivity index (χ0) is 13.6. The summed E-state index contributed by atoms with van der Waals surface area (Å²) in [5.41, 5.74) is 0. The summed E-state index contributed by atoms with van der Waals surface area (Å²) in [6.07, 6.45) is 2.61. The highest BCUT2D eigenvalue weighted by Crippen LogP contribution is 2.47. The first-order valence-corrected chi connectivity index (χ1v) is 16.7. The topological polar surface area (TPSA) is 0 Å². The smallest absolute Gasteiger partial charge is 0.138 e. The van der Waals surface area contributed by atoms with E-state index in [0.29, 0.717) is 0 Å². The normalized spacial score (nSPS) is 14.7. The Bertz CT molecular complexity index is 156. The van der Waals surface area contributed by atoms with Gasteiger partial charge >= 0.3 is 0 Å². The summed E-state index contributed by atoms with van der Waals surface area (Å²) in [5.74, 6) is 2.52. The summed E-state index contributed by atoms with van der Waals surface area (Å²) in [7, 11) is 10.3. The molecule has 0 aromatic carbocycles. The first kappa shape index (κ1) is 20.5. The Morgan fingerprint density at radius 2 is 1.11 bits per heavy atom. The molecule has 0 N–H and O–H groups in total. The maximum atomic E-state index is 2.31. The molecule has 2 unspecified atom stereocenters. The summed E-state index contributed by atoms with van der Waals surface area (Å²) in [6, 6.07) is 0. The van der Waals surface area contributed by atoms with Gasteiger partial charge in [0.2, 0.25) is 0 Å². The third-order valence-corrected chi connectivity index (χ3v) is 18.6. The van der Waals surface area contributed by atoms with E-state index in [1.807, 2.05) is 19.7 Å². The van der Waals surface area contributed by atoms with Crippen molar-refractivity contribution in [3.05, 3.63) is 0 Å². The largest absolute Gasteiger partial charge is 0.189 e. The third-order valence-electron chi connectivity index (χ3n) is 1.80. The molecule has 0 nitrogen and oxygen atoms in total. The van der Waals surface area contributed by atoms with Crippen LogP contribution in [0.5, 0.6) is 0 Å². The van der Waals surface area contributed by atoms with Gasteiger partial charge in [-0.3, -0.25) is 0 Å². The number of hydrogen-bond donors (Lipinski definition) is 0. The first-order chi connectivity index (χ1) is 8.78. The van der Waals surface area contributed by atoms with Crippen LogP contribution in [-0.2, 0) is 0 Å². The van der Waals surface area contributed by atoms with Crippen LogP contribution < -0.4 is 0 Å². The molecular formula is C10H22S6Si2. The summed E-state index contributed by atoms with van der Waals surface area (Å²) < 4.78 is 0. The predicted molar refractivity (Wildman–Crippen MR) is 106 cm³/mol. The van der Waals surface area contributed by atoms with E-state index in [1.165, 1.54) is 24.3 Å². The molecule has 0 aromatic rings. The Labute approximate surface area is 141 Å². The Morgan fingerprint density at radius 3 is 1.39 bits per heavy atom. The summed E-state index contributed by atoms with van der Waals surface area (Å²) >= 11 is 4.19. The molecule has 0 aliphatic carbocycles. The maximum Gasteiger partial charge on any atom is 0.138 e. The van der Waals surface area contributed by atoms with Crippen LogP contribution in [0.25, 0.3) is 0 Å². The number of rotatable bonds is 13. The van der Waals surface area contributed by atoms with Gasteiger partial charge in [0, 0.05) is 9.75 Å². The zero-order valence-electron chi connectivity index (χ0n) is 11.4. The molecule has 0 amide bonds. The van der Waals surface area contributed by atoms with E-state index in [0.717, 1.165) is 27.1 Å². The quantitative estimate of drug-likeness (QED) is 0.217. The highest BCUT2D eigenvalue weighted by atomic mass is 33.7. The fourth-order valence-electron chi connectivity index (χ4n) is 0.822. The van der Waals surface area contributed by atoms with Crippen molar-refractivity contribution < 1.29 is 0 Å². The minimum absolute atomic E-state index is 0.848. The molecule has 0 saturated carbocycles. The van der Waals surface area contributed by atoms with Gasteiger partial charge in [-0.25, -0.2) is 0 Å². The van der Waals surface area contributed by atoms with Crippen molar-refractivity contribution in [1.82, 2.24) is 0 Å². The van der Waals surface area contributed by atoms with Crippen LogP contribution in [0.15, 0.2) is 0 Å². The molecule has 0 fully saturated rings. The van der Waals surface area contributed by atoms with Gasteiger partial charge in [-0.15, -0.1) is 0 Å². The standard InChI is InChI=1S/C10H22S6Si2/c1-5-9(17-11-7-3)13-15-16-14-10(6-2)18-12-8-4/h9-10H,5-8H2,1-4H3. The van der Waals surface area contributed by atoms with Gasteiger partial charge in [-0.05, 0) is 44.0 Å². The van der Waals surface area contributed by atoms with Crippen molar-refractivity contribution >= 4 is 81.0 Å². The third kappa shape index (κ3) is 12.3. The minimum Gasteiger partial charge on any atom is -0.189 e. The van der Waals surface area contributed by atoms with Crippen LogP contribution in [0, 0.1) is 0 Å². The van der Waals surface area contributed by atoms with E-state index < -0.39 is 0 Å². The molecule has 2 atom stereocenters. The monoisotopic (exact) mass is 390 g/mol. The van der Waals surface area contributed by atoms with Crippen LogP contribution in [0.3, 0.4) is 0 Å². The Balaban J connectivity index is 3.55. The van der Waals surface area contributed by atoms with Crippen LogP contribution in [0.1, 0.15) is 40.5 Å². The van der Waals surface area contributed by atoms with Crippen LogP contribution in [-0.4, -0.2) is 38.6 Å². The molecule has 0 saturated heterocycles. The average molecular weight is 391 g/mol. The lowest BCUT2D eigenvalue weighted by molar-refractivity contribution is 1.05. The lowest BCUT2D eigenvalue weighted by Gasteiger charge is -2.13. The van der Waals surface area contributed by atoms with Crippen LogP contribution >= 0.6 is 63.7 Å². The molecular weight excluding hydrogens is 369 g/mol. The van der Waals surface area contributed by atoms with Gasteiger partial charge in [0.05, 0.1) is 0 Å². The van der Waals surface area contributed by atoms with Gasteiger partial charge in [-0.1, -0.05) is 49.3 Å². The Hall–Kier alpha value is 2.53. The molecule has 18 heavy (non-hydrogen) atoms. The lowest BCUT2D eigenvalue weighted by Crippen LogP contribution is -2.07. The molecule has 4 radical (unpaired) electrons. The van der Waals surface area contributed by atoms with Gasteiger partial charge < -0.3 is 0 Å². The van der Waals surface area contributed by atoms with Gasteiger partial charge in [0.15, 0.2) is 0 Å². The second kappa shape index (κ2) is 15.9. The summed E-state index contributed by atoms with van der Waals surface area (Å²) in [5, 5.41) is 0. The Morgan fingerprint density at radius 1 is 0.722 bits per heavy atom. The molecule has 0 heterocycles. The second-order valence-corrected chi connectivity index (χ2v) is 17.0. The zero-order valence-corrected chi connectivity index (χ0v) is 18.3. The van der Waals surface area contributed by atoms with Gasteiger partial charge in [-0.2, -0.15) is 22.4 Å². The van der Waals surface area contributed by atoms with E-state index in [2.05, 4.69) is 71.7 Å². The molecule has 0 bridgehead atoms. The second-order valence-electron chi connectivity index (χ2n) is 3.22. The molecule has 0 aromatic heterocycles. The van der Waals surface area contributed by atoms with E-state index in [1.54, 1.807) is 0 Å². The van der Waals surface area contributed by atoms with Gasteiger partial charge in [0.25, 0.3) is 0 Å². The first-order valence-electron chi connectivity index (χ1n) is 6.18. The molecule has 0 aliphatic rings.